The molecule has 2 nitrogen and oxygen atoms in total. The molecule has 0 saturated heterocycles. The quantitative estimate of drug-likeness (QED) is 0.440. The van der Waals surface area contributed by atoms with E-state index in [0.717, 1.165) is 19.6 Å². The van der Waals surface area contributed by atoms with Crippen LogP contribution in [0.2, 0.25) is 0 Å². The summed E-state index contributed by atoms with van der Waals surface area (Å²) in [6.07, 6.45) is 13.2. The highest BCUT2D eigenvalue weighted by atomic mass is 16.5. The van der Waals surface area contributed by atoms with Crippen LogP contribution in [-0.2, 0) is 4.74 Å². The summed E-state index contributed by atoms with van der Waals surface area (Å²) in [5.41, 5.74) is 5.64. The van der Waals surface area contributed by atoms with Crippen molar-refractivity contribution in [3.8, 4) is 0 Å². The van der Waals surface area contributed by atoms with Crippen molar-refractivity contribution in [3.63, 3.8) is 0 Å². The predicted molar refractivity (Wildman–Crippen MR) is 90.1 cm³/mol. The first kappa shape index (κ1) is 19.9. The molecule has 0 heterocycles. The molecule has 0 aromatic rings. The van der Waals surface area contributed by atoms with Crippen LogP contribution in [0.5, 0.6) is 0 Å². The summed E-state index contributed by atoms with van der Waals surface area (Å²) < 4.78 is 5.99. The topological polar surface area (TPSA) is 35.2 Å². The van der Waals surface area contributed by atoms with Crippen molar-refractivity contribution in [2.75, 3.05) is 13.2 Å². The van der Waals surface area contributed by atoms with E-state index in [1.807, 2.05) is 0 Å². The van der Waals surface area contributed by atoms with Crippen LogP contribution < -0.4 is 5.73 Å². The summed E-state index contributed by atoms with van der Waals surface area (Å²) in [6.45, 7) is 10.5. The first-order valence-corrected chi connectivity index (χ1v) is 8.92. The van der Waals surface area contributed by atoms with Crippen LogP contribution in [0.1, 0.15) is 91.9 Å². The van der Waals surface area contributed by atoms with Crippen LogP contribution in [0.15, 0.2) is 0 Å². The van der Waals surface area contributed by atoms with E-state index >= 15 is 0 Å². The predicted octanol–water partition coefficient (Wildman–Crippen LogP) is 5.30. The van der Waals surface area contributed by atoms with Crippen molar-refractivity contribution in [1.82, 2.24) is 0 Å². The molecule has 1 atom stereocenters. The Morgan fingerprint density at radius 2 is 1.40 bits per heavy atom. The van der Waals surface area contributed by atoms with Crippen LogP contribution >= 0.6 is 0 Å². The summed E-state index contributed by atoms with van der Waals surface area (Å²) >= 11 is 0. The highest BCUT2D eigenvalue weighted by Crippen LogP contribution is 2.31. The van der Waals surface area contributed by atoms with E-state index in [1.165, 1.54) is 57.8 Å². The molecule has 0 rings (SSSR count). The second kappa shape index (κ2) is 12.6. The van der Waals surface area contributed by atoms with Gasteiger partial charge in [-0.05, 0) is 52.5 Å². The Morgan fingerprint density at radius 3 is 1.95 bits per heavy atom. The Balaban J connectivity index is 4.04. The van der Waals surface area contributed by atoms with Crippen LogP contribution in [-0.4, -0.2) is 18.8 Å². The lowest BCUT2D eigenvalue weighted by Gasteiger charge is -2.34. The summed E-state index contributed by atoms with van der Waals surface area (Å²) in [5.74, 6) is 0.681. The largest absolute Gasteiger partial charge is 0.376 e. The van der Waals surface area contributed by atoms with Gasteiger partial charge in [-0.2, -0.15) is 0 Å². The van der Waals surface area contributed by atoms with Crippen LogP contribution in [0.4, 0.5) is 0 Å². The van der Waals surface area contributed by atoms with Gasteiger partial charge >= 0.3 is 0 Å². The molecule has 0 fully saturated rings. The fourth-order valence-electron chi connectivity index (χ4n) is 3.04. The van der Waals surface area contributed by atoms with Gasteiger partial charge in [0.25, 0.3) is 0 Å². The maximum atomic E-state index is 5.99. The monoisotopic (exact) mass is 285 g/mol. The van der Waals surface area contributed by atoms with Crippen LogP contribution in [0, 0.1) is 5.92 Å². The molecule has 0 aliphatic heterocycles. The smallest absolute Gasteiger partial charge is 0.0654 e. The fraction of sp³-hybridized carbons (Fsp3) is 1.00. The van der Waals surface area contributed by atoms with Gasteiger partial charge < -0.3 is 10.5 Å². The third-order valence-electron chi connectivity index (χ3n) is 4.41. The minimum atomic E-state index is 0.0206. The van der Waals surface area contributed by atoms with Gasteiger partial charge in [-0.3, -0.25) is 0 Å². The van der Waals surface area contributed by atoms with Crippen LogP contribution in [0.25, 0.3) is 0 Å². The third-order valence-corrected chi connectivity index (χ3v) is 4.41. The van der Waals surface area contributed by atoms with Crippen molar-refractivity contribution < 1.29 is 4.74 Å². The van der Waals surface area contributed by atoms with Gasteiger partial charge in [0.05, 0.1) is 5.60 Å². The first-order valence-electron chi connectivity index (χ1n) is 8.92. The minimum absolute atomic E-state index is 0.0206. The average molecular weight is 286 g/mol. The van der Waals surface area contributed by atoms with Crippen molar-refractivity contribution in [1.29, 1.82) is 0 Å². The second-order valence-electron chi connectivity index (χ2n) is 6.57. The lowest BCUT2D eigenvalue weighted by Crippen LogP contribution is -2.34. The van der Waals surface area contributed by atoms with Gasteiger partial charge in [-0.1, -0.05) is 51.9 Å². The molecular weight excluding hydrogens is 246 g/mol. The molecule has 2 N–H and O–H groups in total. The highest BCUT2D eigenvalue weighted by Gasteiger charge is 2.28. The van der Waals surface area contributed by atoms with Crippen LogP contribution in [0.3, 0.4) is 0 Å². The molecule has 2 heteroatoms. The molecule has 0 saturated carbocycles. The van der Waals surface area contributed by atoms with E-state index in [-0.39, 0.29) is 5.60 Å². The second-order valence-corrected chi connectivity index (χ2v) is 6.57. The first-order chi connectivity index (χ1) is 9.58. The van der Waals surface area contributed by atoms with Gasteiger partial charge in [0, 0.05) is 6.61 Å². The van der Waals surface area contributed by atoms with Crippen molar-refractivity contribution in [2.45, 2.75) is 97.5 Å². The molecular formula is C18H39NO. The third kappa shape index (κ3) is 9.77. The Morgan fingerprint density at radius 1 is 0.850 bits per heavy atom. The maximum absolute atomic E-state index is 5.99. The molecule has 20 heavy (non-hydrogen) atoms. The molecule has 0 radical (unpaired) electrons. The number of ether oxygens (including phenoxy) is 1. The number of hydrogen-bond donors (Lipinski definition) is 1. The van der Waals surface area contributed by atoms with Crippen molar-refractivity contribution in [2.24, 2.45) is 11.7 Å². The zero-order chi connectivity index (χ0) is 15.3. The average Bonchev–Trinajstić information content (AvgIpc) is 2.40. The maximum Gasteiger partial charge on any atom is 0.0654 e. The Bertz CT molecular complexity index is 204. The summed E-state index contributed by atoms with van der Waals surface area (Å²) in [6, 6.07) is 0. The number of unbranched alkanes of at least 4 members (excludes halogenated alkanes) is 6. The van der Waals surface area contributed by atoms with Crippen molar-refractivity contribution in [3.05, 3.63) is 0 Å². The van der Waals surface area contributed by atoms with Gasteiger partial charge in [0.15, 0.2) is 0 Å². The Kier molecular flexibility index (Phi) is 12.6. The molecule has 0 aliphatic rings. The summed E-state index contributed by atoms with van der Waals surface area (Å²) in [4.78, 5) is 0. The zero-order valence-corrected chi connectivity index (χ0v) is 14.5. The lowest BCUT2D eigenvalue weighted by atomic mass is 9.82. The highest BCUT2D eigenvalue weighted by molar-refractivity contribution is 4.79. The van der Waals surface area contributed by atoms with Gasteiger partial charge in [-0.25, -0.2) is 0 Å². The van der Waals surface area contributed by atoms with E-state index in [9.17, 15) is 0 Å². The standard InChI is InChI=1S/C18H39NO/c1-5-7-8-9-10-11-14-17(15-12-13-16-19)18(3,4)20-6-2/h17H,5-16,19H2,1-4H3. The summed E-state index contributed by atoms with van der Waals surface area (Å²) in [7, 11) is 0. The Hall–Kier alpha value is -0.0800. The van der Waals surface area contributed by atoms with E-state index in [0.29, 0.717) is 5.92 Å². The molecule has 1 unspecified atom stereocenters. The minimum Gasteiger partial charge on any atom is -0.376 e. The number of rotatable bonds is 14. The number of hydrogen-bond acceptors (Lipinski definition) is 2. The SMILES string of the molecule is CCCCCCCCC(CCCCN)C(C)(C)OCC. The molecule has 0 amide bonds. The molecule has 0 aromatic carbocycles. The zero-order valence-electron chi connectivity index (χ0n) is 14.5. The van der Waals surface area contributed by atoms with Gasteiger partial charge in [0.1, 0.15) is 0 Å². The van der Waals surface area contributed by atoms with E-state index in [2.05, 4.69) is 27.7 Å². The van der Waals surface area contributed by atoms with E-state index < -0.39 is 0 Å². The summed E-state index contributed by atoms with van der Waals surface area (Å²) in [5, 5.41) is 0. The van der Waals surface area contributed by atoms with E-state index in [4.69, 9.17) is 10.5 Å². The van der Waals surface area contributed by atoms with Crippen molar-refractivity contribution >= 4 is 0 Å². The van der Waals surface area contributed by atoms with E-state index in [1.54, 1.807) is 0 Å². The fourth-order valence-corrected chi connectivity index (χ4v) is 3.04. The Labute approximate surface area is 127 Å². The van der Waals surface area contributed by atoms with Gasteiger partial charge in [0.2, 0.25) is 0 Å². The molecule has 0 bridgehead atoms. The van der Waals surface area contributed by atoms with Gasteiger partial charge in [-0.15, -0.1) is 0 Å². The normalized spacial score (nSPS) is 13.7. The lowest BCUT2D eigenvalue weighted by molar-refractivity contribution is -0.0604. The molecule has 0 aliphatic carbocycles. The number of nitrogens with two attached hydrogens (primary N) is 1. The molecule has 0 aromatic heterocycles. The molecule has 0 spiro atoms. The molecule has 122 valence electrons.